The number of carbonyl (C=O) groups is 1. The Bertz CT molecular complexity index is 1040. The zero-order valence-corrected chi connectivity index (χ0v) is 13.4. The van der Waals surface area contributed by atoms with Gasteiger partial charge in [0.1, 0.15) is 11.1 Å². The smallest absolute Gasteiger partial charge is 0.335 e. The highest BCUT2D eigenvalue weighted by molar-refractivity contribution is 7.93. The Morgan fingerprint density at radius 1 is 1.65 bits per heavy atom. The molecule has 0 saturated carbocycles. The molecule has 0 aliphatic heterocycles. The van der Waals surface area contributed by atoms with Gasteiger partial charge in [-0.3, -0.25) is 4.72 Å². The summed E-state index contributed by atoms with van der Waals surface area (Å²) in [5.74, 6) is -2.84. The summed E-state index contributed by atoms with van der Waals surface area (Å²) >= 11 is 5.76. The minimum atomic E-state index is -5.28. The van der Waals surface area contributed by atoms with Crippen molar-refractivity contribution in [2.75, 3.05) is 11.3 Å². The molecule has 1 aliphatic rings. The van der Waals surface area contributed by atoms with Gasteiger partial charge in [0.15, 0.2) is 1.41 Å². The lowest BCUT2D eigenvalue weighted by Crippen LogP contribution is -2.34. The van der Waals surface area contributed by atoms with E-state index in [1.54, 1.807) is 0 Å². The summed E-state index contributed by atoms with van der Waals surface area (Å²) in [4.78, 5) is 12.3. The summed E-state index contributed by atoms with van der Waals surface area (Å²) in [6.07, 6.45) is -5.72. The summed E-state index contributed by atoms with van der Waals surface area (Å²) in [5.41, 5.74) is -1.98. The second-order valence-corrected chi connectivity index (χ2v) is 6.30. The van der Waals surface area contributed by atoms with E-state index in [-0.39, 0.29) is 6.61 Å². The molecule has 23 heavy (non-hydrogen) atoms. The second kappa shape index (κ2) is 7.31. The van der Waals surface area contributed by atoms with Crippen LogP contribution in [0.15, 0.2) is 29.8 Å². The van der Waals surface area contributed by atoms with Crippen molar-refractivity contribution >= 4 is 33.3 Å². The molecule has 0 radical (unpaired) electrons. The van der Waals surface area contributed by atoms with E-state index in [9.17, 15) is 17.6 Å². The van der Waals surface area contributed by atoms with Gasteiger partial charge in [0.2, 0.25) is 10.0 Å². The molecule has 1 atom stereocenters. The highest BCUT2D eigenvalue weighted by Gasteiger charge is 2.35. The molecule has 0 fully saturated rings. The fourth-order valence-corrected chi connectivity index (χ4v) is 3.24. The van der Waals surface area contributed by atoms with Crippen molar-refractivity contribution in [3.63, 3.8) is 0 Å². The van der Waals surface area contributed by atoms with Crippen molar-refractivity contribution in [3.8, 4) is 0 Å². The molecule has 0 aromatic heterocycles. The van der Waals surface area contributed by atoms with E-state index in [4.69, 9.17) is 27.3 Å². The molecule has 0 unspecified atom stereocenters. The number of nitrogens with one attached hydrogen (secondary N) is 1. The van der Waals surface area contributed by atoms with Gasteiger partial charge in [-0.25, -0.2) is 17.6 Å². The topological polar surface area (TPSA) is 72.5 Å². The van der Waals surface area contributed by atoms with Crippen molar-refractivity contribution in [3.05, 3.63) is 40.6 Å². The quantitative estimate of drug-likeness (QED) is 0.808. The number of sulfonamides is 1. The number of benzene rings is 1. The number of ether oxygens (including phenoxy) is 1. The Morgan fingerprint density at radius 3 is 3.09 bits per heavy atom. The first-order chi connectivity index (χ1) is 14.0. The van der Waals surface area contributed by atoms with Crippen LogP contribution < -0.4 is 4.72 Å². The molecule has 2 rings (SSSR count). The Labute approximate surface area is 150 Å². The van der Waals surface area contributed by atoms with Gasteiger partial charge in [-0.15, -0.1) is 0 Å². The van der Waals surface area contributed by atoms with Crippen molar-refractivity contribution < 1.29 is 33.3 Å². The third-order valence-electron chi connectivity index (χ3n) is 2.68. The number of carbonyl (C=O) groups excluding carboxylic acids is 1. The van der Waals surface area contributed by atoms with Gasteiger partial charge < -0.3 is 4.74 Å². The maximum absolute atomic E-state index is 13.8. The van der Waals surface area contributed by atoms with E-state index >= 15 is 0 Å². The van der Waals surface area contributed by atoms with Crippen molar-refractivity contribution in [2.24, 2.45) is 0 Å². The maximum atomic E-state index is 13.8. The number of anilines is 1. The van der Waals surface area contributed by atoms with Crippen LogP contribution in [0, 0.1) is 5.82 Å². The van der Waals surface area contributed by atoms with E-state index in [0.29, 0.717) is 6.08 Å². The first-order valence-corrected chi connectivity index (χ1v) is 8.25. The maximum Gasteiger partial charge on any atom is 0.335 e. The number of rotatable bonds is 5. The number of allylic oxidation sites excluding steroid dienone is 1. The molecule has 0 spiro atoms. The first kappa shape index (κ1) is 9.64. The highest BCUT2D eigenvalue weighted by Crippen LogP contribution is 2.30. The monoisotopic (exact) mass is 369 g/mol. The molecule has 1 aromatic rings. The van der Waals surface area contributed by atoms with Crippen LogP contribution in [0.5, 0.6) is 0 Å². The lowest BCUT2D eigenvalue weighted by Gasteiger charge is -2.24. The first-order valence-electron chi connectivity index (χ1n) is 10.3. The minimum Gasteiger partial charge on any atom is -0.463 e. The van der Waals surface area contributed by atoms with Crippen LogP contribution in [0.3, 0.4) is 0 Å². The zero-order valence-electron chi connectivity index (χ0n) is 19.8. The summed E-state index contributed by atoms with van der Waals surface area (Å²) in [7, 11) is -5.28. The van der Waals surface area contributed by atoms with E-state index in [1.165, 1.54) is 6.92 Å². The van der Waals surface area contributed by atoms with Crippen LogP contribution in [0.25, 0.3) is 0 Å². The molecule has 8 heteroatoms. The minimum absolute atomic E-state index is 0.232. The van der Waals surface area contributed by atoms with Crippen LogP contribution >= 0.6 is 11.6 Å². The molecule has 0 heterocycles. The number of esters is 1. The summed E-state index contributed by atoms with van der Waals surface area (Å²) in [6, 6.07) is -3.50. The number of hydrogen-bond donors (Lipinski definition) is 1. The molecular formula is C15H17ClFNO4S. The van der Waals surface area contributed by atoms with Crippen molar-refractivity contribution in [1.82, 2.24) is 0 Å². The molecule has 126 valence electrons. The van der Waals surface area contributed by atoms with Crippen LogP contribution in [0.1, 0.15) is 35.7 Å². The van der Waals surface area contributed by atoms with Crippen LogP contribution in [-0.4, -0.2) is 26.2 Å². The molecule has 5 nitrogen and oxygen atoms in total. The number of hydrogen-bond acceptors (Lipinski definition) is 4. The Morgan fingerprint density at radius 2 is 2.39 bits per heavy atom. The molecule has 1 aliphatic carbocycles. The van der Waals surface area contributed by atoms with Gasteiger partial charge in [0.05, 0.1) is 27.0 Å². The van der Waals surface area contributed by atoms with Crippen molar-refractivity contribution in [2.45, 2.75) is 31.3 Å². The van der Waals surface area contributed by atoms with Crippen LogP contribution in [0.4, 0.5) is 10.1 Å². The molecule has 1 aromatic carbocycles. The fraction of sp³-hybridized carbons (Fsp3) is 0.400. The third kappa shape index (κ3) is 4.23. The predicted molar refractivity (Wildman–Crippen MR) is 86.3 cm³/mol. The Hall–Kier alpha value is -1.60. The van der Waals surface area contributed by atoms with E-state index in [1.807, 2.05) is 0 Å². The average molecular weight is 370 g/mol. The van der Waals surface area contributed by atoms with Gasteiger partial charge in [0, 0.05) is 5.48 Å². The largest absolute Gasteiger partial charge is 0.463 e. The van der Waals surface area contributed by atoms with Gasteiger partial charge in [-0.2, -0.15) is 0 Å². The average Bonchev–Trinajstić information content (AvgIpc) is 2.62. The zero-order chi connectivity index (χ0) is 24.1. The van der Waals surface area contributed by atoms with Gasteiger partial charge in [-0.1, -0.05) is 17.7 Å². The summed E-state index contributed by atoms with van der Waals surface area (Å²) in [6.45, 7) is 1.16. The lowest BCUT2D eigenvalue weighted by atomic mass is 9.99. The Balaban J connectivity index is 2.76. The van der Waals surface area contributed by atoms with Gasteiger partial charge in [0.25, 0.3) is 0 Å². The lowest BCUT2D eigenvalue weighted by molar-refractivity contribution is -0.138. The van der Waals surface area contributed by atoms with E-state index < -0.39 is 85.4 Å². The van der Waals surface area contributed by atoms with Gasteiger partial charge in [-0.05, 0) is 44.2 Å². The fourth-order valence-electron chi connectivity index (χ4n) is 1.74. The van der Waals surface area contributed by atoms with Crippen molar-refractivity contribution in [1.29, 1.82) is 0 Å². The molecule has 1 N–H and O–H groups in total. The normalized spacial score (nSPS) is 27.6. The van der Waals surface area contributed by atoms with Crippen LogP contribution in [-0.2, 0) is 19.6 Å². The molecular weight excluding hydrogens is 345 g/mol. The summed E-state index contributed by atoms with van der Waals surface area (Å²) < 4.78 is 107. The second-order valence-electron chi connectivity index (χ2n) is 4.24. The number of halogens is 2. The summed E-state index contributed by atoms with van der Waals surface area (Å²) in [5, 5.41) is -3.42. The highest BCUT2D eigenvalue weighted by atomic mass is 35.5. The predicted octanol–water partition coefficient (Wildman–Crippen LogP) is 3.26. The van der Waals surface area contributed by atoms with E-state index in [0.717, 1.165) is 0 Å². The van der Waals surface area contributed by atoms with E-state index in [2.05, 4.69) is 0 Å². The van der Waals surface area contributed by atoms with Crippen LogP contribution in [0.2, 0.25) is 6.43 Å². The SMILES string of the molecule is [2H]c1c([2H])c(N([2H])S(=O)(=O)[C@H]2C(C(=O)OCC)=CC([2H])([2H])CC2([2H])[2H])c(Cl)c([2H])c1F. The molecule has 0 bridgehead atoms. The Kier molecular flexibility index (Phi) is 3.06. The molecule has 0 amide bonds. The van der Waals surface area contributed by atoms with Gasteiger partial charge >= 0.3 is 5.97 Å². The third-order valence-corrected chi connectivity index (χ3v) is 4.40. The standard InChI is InChI=1S/C15H17ClFNO4S/c1-2-22-15(19)11-5-3-4-6-14(11)23(20,21)18-13-8-7-10(17)9-12(13)16/h5,7-9,14,18H,2-4,6H2,1H3/t14-/m1/s1/i3D2,6D2,7D,8D,9D/hD. The molecule has 0 saturated heterocycles.